The molecule has 0 rings (SSSR count). The maximum Gasteiger partial charge on any atom is 0.0661 e. The van der Waals surface area contributed by atoms with E-state index in [0.717, 1.165) is 0 Å². The molecule has 0 heterocycles. The molecular formula is C3H10BrNNa. The van der Waals surface area contributed by atoms with Crippen LogP contribution in [0.5, 0.6) is 0 Å². The van der Waals surface area contributed by atoms with E-state index in [1.807, 2.05) is 0 Å². The Morgan fingerprint density at radius 2 is 1.00 bits per heavy atom. The fraction of sp³-hybridized carbons (Fsp3) is 1.00. The monoisotopic (exact) mass is 162 g/mol. The Morgan fingerprint density at radius 3 is 1.00 bits per heavy atom. The van der Waals surface area contributed by atoms with Crippen LogP contribution in [0.4, 0.5) is 0 Å². The summed E-state index contributed by atoms with van der Waals surface area (Å²) in [6.45, 7) is 0. The zero-order valence-corrected chi connectivity index (χ0v) is 8.46. The van der Waals surface area contributed by atoms with Crippen molar-refractivity contribution in [2.75, 3.05) is 21.1 Å². The SMILES string of the molecule is C[NH+](C)C.[Br-].[Na]. The van der Waals surface area contributed by atoms with Gasteiger partial charge < -0.3 is 21.9 Å². The molecule has 3 heteroatoms. The molecule has 1 nitrogen and oxygen atoms in total. The molecule has 1 radical (unpaired) electrons. The smallest absolute Gasteiger partial charge is 0.0661 e. The van der Waals surface area contributed by atoms with Crippen molar-refractivity contribution in [3.05, 3.63) is 0 Å². The Hall–Kier alpha value is 1.44. The van der Waals surface area contributed by atoms with Crippen molar-refractivity contribution >= 4 is 29.6 Å². The number of halogens is 1. The van der Waals surface area contributed by atoms with Gasteiger partial charge in [0.2, 0.25) is 0 Å². The average Bonchev–Trinajstić information content (AvgIpc) is 0.811. The van der Waals surface area contributed by atoms with Crippen LogP contribution in [0.3, 0.4) is 0 Å². The van der Waals surface area contributed by atoms with Crippen LogP contribution in [-0.4, -0.2) is 50.7 Å². The molecular weight excluding hydrogens is 153 g/mol. The summed E-state index contributed by atoms with van der Waals surface area (Å²) in [4.78, 5) is 1.42. The first-order chi connectivity index (χ1) is 1.73. The molecule has 0 aliphatic rings. The second kappa shape index (κ2) is 9.67. The molecule has 0 fully saturated rings. The van der Waals surface area contributed by atoms with Gasteiger partial charge in [-0.15, -0.1) is 0 Å². The summed E-state index contributed by atoms with van der Waals surface area (Å²) in [6, 6.07) is 0. The van der Waals surface area contributed by atoms with Crippen molar-refractivity contribution in [1.82, 2.24) is 0 Å². The van der Waals surface area contributed by atoms with E-state index in [4.69, 9.17) is 0 Å². The van der Waals surface area contributed by atoms with Crippen molar-refractivity contribution in [2.45, 2.75) is 0 Å². The van der Waals surface area contributed by atoms with E-state index in [9.17, 15) is 0 Å². The quantitative estimate of drug-likeness (QED) is 0.343. The number of nitrogens with one attached hydrogen (secondary N) is 1. The minimum atomic E-state index is 0. The molecule has 0 atom stereocenters. The second-order valence-corrected chi connectivity index (χ2v) is 1.50. The molecule has 0 amide bonds. The van der Waals surface area contributed by atoms with Gasteiger partial charge in [-0.2, -0.15) is 0 Å². The van der Waals surface area contributed by atoms with Crippen molar-refractivity contribution in [3.63, 3.8) is 0 Å². The van der Waals surface area contributed by atoms with Gasteiger partial charge in [-0.1, -0.05) is 0 Å². The first-order valence-electron chi connectivity index (χ1n) is 1.50. The third-order valence-electron chi connectivity index (χ3n) is 0. The predicted octanol–water partition coefficient (Wildman–Crippen LogP) is -4.62. The van der Waals surface area contributed by atoms with E-state index in [-0.39, 0.29) is 46.5 Å². The van der Waals surface area contributed by atoms with Crippen LogP contribution in [0, 0.1) is 0 Å². The molecule has 0 unspecified atom stereocenters. The number of hydrogen-bond donors (Lipinski definition) is 1. The first-order valence-corrected chi connectivity index (χ1v) is 1.50. The molecule has 0 aromatic rings. The van der Waals surface area contributed by atoms with Crippen LogP contribution < -0.4 is 21.9 Å². The third-order valence-corrected chi connectivity index (χ3v) is 0. The van der Waals surface area contributed by atoms with E-state index >= 15 is 0 Å². The zero-order valence-electron chi connectivity index (χ0n) is 4.88. The molecule has 6 heavy (non-hydrogen) atoms. The van der Waals surface area contributed by atoms with Crippen LogP contribution in [0.2, 0.25) is 0 Å². The minimum Gasteiger partial charge on any atom is -1.00 e. The van der Waals surface area contributed by atoms with E-state index < -0.39 is 0 Å². The van der Waals surface area contributed by atoms with Crippen molar-refractivity contribution in [1.29, 1.82) is 0 Å². The number of quaternary nitrogens is 1. The molecule has 35 valence electrons. The average molecular weight is 163 g/mol. The van der Waals surface area contributed by atoms with Gasteiger partial charge in [0.15, 0.2) is 0 Å². The van der Waals surface area contributed by atoms with Crippen LogP contribution in [0.25, 0.3) is 0 Å². The van der Waals surface area contributed by atoms with Gasteiger partial charge in [0.25, 0.3) is 0 Å². The van der Waals surface area contributed by atoms with Gasteiger partial charge in [-0.3, -0.25) is 0 Å². The molecule has 0 spiro atoms. The number of rotatable bonds is 0. The molecule has 0 saturated carbocycles. The van der Waals surface area contributed by atoms with Crippen LogP contribution in [-0.2, 0) is 0 Å². The van der Waals surface area contributed by atoms with Gasteiger partial charge in [-0.25, -0.2) is 0 Å². The van der Waals surface area contributed by atoms with Crippen molar-refractivity contribution < 1.29 is 21.9 Å². The Morgan fingerprint density at radius 1 is 1.00 bits per heavy atom. The van der Waals surface area contributed by atoms with Crippen molar-refractivity contribution in [3.8, 4) is 0 Å². The summed E-state index contributed by atoms with van der Waals surface area (Å²) in [6.07, 6.45) is 0. The van der Waals surface area contributed by atoms with E-state index in [1.165, 1.54) is 4.90 Å². The fourth-order valence-corrected chi connectivity index (χ4v) is 0. The second-order valence-electron chi connectivity index (χ2n) is 1.50. The largest absolute Gasteiger partial charge is 1.00 e. The Kier molecular flexibility index (Phi) is 25.2. The van der Waals surface area contributed by atoms with Gasteiger partial charge in [0.05, 0.1) is 21.1 Å². The van der Waals surface area contributed by atoms with Crippen LogP contribution in [0.1, 0.15) is 0 Å². The van der Waals surface area contributed by atoms with E-state index in [0.29, 0.717) is 0 Å². The van der Waals surface area contributed by atoms with E-state index in [1.54, 1.807) is 0 Å². The van der Waals surface area contributed by atoms with Crippen LogP contribution in [0.15, 0.2) is 0 Å². The first kappa shape index (κ1) is 15.7. The minimum absolute atomic E-state index is 0. The van der Waals surface area contributed by atoms with Gasteiger partial charge in [0, 0.05) is 29.6 Å². The van der Waals surface area contributed by atoms with Gasteiger partial charge >= 0.3 is 0 Å². The van der Waals surface area contributed by atoms with Crippen LogP contribution >= 0.6 is 0 Å². The summed E-state index contributed by atoms with van der Waals surface area (Å²) in [5, 5.41) is 0. The molecule has 0 saturated heterocycles. The third kappa shape index (κ3) is 51.7. The summed E-state index contributed by atoms with van der Waals surface area (Å²) in [5.74, 6) is 0. The Labute approximate surface area is 72.2 Å². The van der Waals surface area contributed by atoms with Gasteiger partial charge in [-0.05, 0) is 0 Å². The maximum atomic E-state index is 2.08. The molecule has 0 aliphatic carbocycles. The fourth-order valence-electron chi connectivity index (χ4n) is 0. The topological polar surface area (TPSA) is 4.44 Å². The molecule has 1 N–H and O–H groups in total. The predicted molar refractivity (Wildman–Crippen MR) is 24.5 cm³/mol. The Balaban J connectivity index is -0.0000000450. The molecule has 0 bridgehead atoms. The maximum absolute atomic E-state index is 2.08. The Bertz CT molecular complexity index is 15.5. The van der Waals surface area contributed by atoms with Crippen molar-refractivity contribution in [2.24, 2.45) is 0 Å². The summed E-state index contributed by atoms with van der Waals surface area (Å²) >= 11 is 0. The molecule has 0 aromatic carbocycles. The normalized spacial score (nSPS) is 6.00. The summed E-state index contributed by atoms with van der Waals surface area (Å²) in [5.41, 5.74) is 0. The van der Waals surface area contributed by atoms with Gasteiger partial charge in [0.1, 0.15) is 0 Å². The van der Waals surface area contributed by atoms with E-state index in [2.05, 4.69) is 21.1 Å². The standard InChI is InChI=1S/C3H9N.BrH.Na/c1-4(2)3;;/h1-3H3;1H;. The summed E-state index contributed by atoms with van der Waals surface area (Å²) in [7, 11) is 6.25. The zero-order chi connectivity index (χ0) is 3.58. The number of hydrogen-bond acceptors (Lipinski definition) is 0. The molecule has 0 aliphatic heterocycles. The molecule has 0 aromatic heterocycles. The summed E-state index contributed by atoms with van der Waals surface area (Å²) < 4.78 is 0.